The van der Waals surface area contributed by atoms with Crippen LogP contribution in [0, 0.1) is 12.7 Å². The highest BCUT2D eigenvalue weighted by atomic mass is 19.1. The number of halogens is 1. The Morgan fingerprint density at radius 1 is 1.12 bits per heavy atom. The molecule has 0 spiro atoms. The van der Waals surface area contributed by atoms with E-state index in [1.54, 1.807) is 12.1 Å². The van der Waals surface area contributed by atoms with Gasteiger partial charge < -0.3 is 15.4 Å². The Morgan fingerprint density at radius 3 is 2.41 bits per heavy atom. The Kier molecular flexibility index (Phi) is 9.98. The average molecular weight is 439 g/mol. The zero-order valence-electron chi connectivity index (χ0n) is 20.4. The number of hydrogen-bond donors (Lipinski definition) is 1. The minimum absolute atomic E-state index is 0.0572. The van der Waals surface area contributed by atoms with E-state index < -0.39 is 0 Å². The summed E-state index contributed by atoms with van der Waals surface area (Å²) in [5.74, 6) is 0.435. The maximum absolute atomic E-state index is 14.3. The van der Waals surface area contributed by atoms with Gasteiger partial charge in [0.1, 0.15) is 11.6 Å². The van der Waals surface area contributed by atoms with Gasteiger partial charge in [0.2, 0.25) is 0 Å². The summed E-state index contributed by atoms with van der Waals surface area (Å²) in [6, 6.07) is 11.1. The van der Waals surface area contributed by atoms with E-state index in [-0.39, 0.29) is 11.9 Å². The minimum atomic E-state index is -0.272. The lowest BCUT2D eigenvalue weighted by Crippen LogP contribution is -2.20. The number of aryl methyl sites for hydroxylation is 1. The minimum Gasteiger partial charge on any atom is -0.490 e. The van der Waals surface area contributed by atoms with E-state index in [1.807, 2.05) is 13.0 Å². The van der Waals surface area contributed by atoms with Gasteiger partial charge in [-0.1, -0.05) is 31.7 Å². The molecule has 1 atom stereocenters. The standard InChI is InChI=1S/C28H39FN2O/c1-7-24(12-11-17-30)32-28-16-14-23(29)19-27(28)25(8-2)26-15-13-22(18-20(26)5)21(6)31(9-3)10-4/h8,13-16,18-19,24H,6-7,9-12,17,30H2,1-5H3/b25-8-. The molecular formula is C28H39FN2O. The van der Waals surface area contributed by atoms with Crippen LogP contribution in [0.15, 0.2) is 49.1 Å². The number of hydrogen-bond acceptors (Lipinski definition) is 3. The molecule has 0 saturated heterocycles. The molecule has 0 saturated carbocycles. The molecule has 2 aromatic carbocycles. The lowest BCUT2D eigenvalue weighted by Gasteiger charge is -2.25. The topological polar surface area (TPSA) is 38.5 Å². The fraction of sp³-hybridized carbons (Fsp3) is 0.429. The molecular weight excluding hydrogens is 399 g/mol. The van der Waals surface area contributed by atoms with Gasteiger partial charge in [-0.25, -0.2) is 4.39 Å². The third-order valence-corrected chi connectivity index (χ3v) is 5.99. The largest absolute Gasteiger partial charge is 0.490 e. The molecule has 0 bridgehead atoms. The molecule has 0 fully saturated rings. The first-order valence-electron chi connectivity index (χ1n) is 11.8. The molecule has 0 heterocycles. The lowest BCUT2D eigenvalue weighted by atomic mass is 9.91. The highest BCUT2D eigenvalue weighted by Gasteiger charge is 2.18. The van der Waals surface area contributed by atoms with Crippen molar-refractivity contribution < 1.29 is 9.13 Å². The zero-order valence-corrected chi connectivity index (χ0v) is 20.4. The SMILES string of the molecule is C=C(c1ccc(/C(=C/C)c2cc(F)ccc2OC(CC)CCCN)c(C)c1)N(CC)CC. The summed E-state index contributed by atoms with van der Waals surface area (Å²) in [4.78, 5) is 2.25. The summed E-state index contributed by atoms with van der Waals surface area (Å²) in [7, 11) is 0. The Balaban J connectivity index is 2.44. The average Bonchev–Trinajstić information content (AvgIpc) is 2.80. The molecule has 2 N–H and O–H groups in total. The molecule has 0 amide bonds. The summed E-state index contributed by atoms with van der Waals surface area (Å²) in [6.07, 6.45) is 4.76. The molecule has 1 unspecified atom stereocenters. The molecule has 4 heteroatoms. The van der Waals surface area contributed by atoms with Crippen LogP contribution in [0.25, 0.3) is 11.3 Å². The van der Waals surface area contributed by atoms with Crippen LogP contribution in [0.2, 0.25) is 0 Å². The number of nitrogens with zero attached hydrogens (tertiary/aromatic N) is 1. The van der Waals surface area contributed by atoms with Gasteiger partial charge in [-0.3, -0.25) is 0 Å². The van der Waals surface area contributed by atoms with Crippen molar-refractivity contribution in [2.45, 2.75) is 60.0 Å². The van der Waals surface area contributed by atoms with E-state index in [0.717, 1.165) is 65.9 Å². The zero-order chi connectivity index (χ0) is 23.7. The number of allylic oxidation sites excluding steroid dienone is 1. The van der Waals surface area contributed by atoms with Crippen LogP contribution in [0.5, 0.6) is 5.75 Å². The van der Waals surface area contributed by atoms with Gasteiger partial charge in [-0.05, 0) is 100 Å². The van der Waals surface area contributed by atoms with Crippen LogP contribution < -0.4 is 10.5 Å². The van der Waals surface area contributed by atoms with Crippen molar-refractivity contribution >= 4 is 11.3 Å². The number of rotatable bonds is 12. The van der Waals surface area contributed by atoms with Crippen molar-refractivity contribution in [3.63, 3.8) is 0 Å². The summed E-state index contributed by atoms with van der Waals surface area (Å²) in [5.41, 5.74) is 11.7. The quantitative estimate of drug-likeness (QED) is 0.396. The first-order chi connectivity index (χ1) is 15.4. The second kappa shape index (κ2) is 12.4. The van der Waals surface area contributed by atoms with Gasteiger partial charge in [-0.15, -0.1) is 0 Å². The third-order valence-electron chi connectivity index (χ3n) is 5.99. The molecule has 0 aliphatic heterocycles. The molecule has 2 aromatic rings. The smallest absolute Gasteiger partial charge is 0.127 e. The van der Waals surface area contributed by atoms with Crippen molar-refractivity contribution in [2.75, 3.05) is 19.6 Å². The second-order valence-corrected chi connectivity index (χ2v) is 8.07. The molecule has 3 nitrogen and oxygen atoms in total. The van der Waals surface area contributed by atoms with Gasteiger partial charge in [-0.2, -0.15) is 0 Å². The van der Waals surface area contributed by atoms with E-state index in [0.29, 0.717) is 12.3 Å². The highest BCUT2D eigenvalue weighted by Crippen LogP contribution is 2.35. The highest BCUT2D eigenvalue weighted by molar-refractivity contribution is 5.84. The monoisotopic (exact) mass is 438 g/mol. The maximum atomic E-state index is 14.3. The summed E-state index contributed by atoms with van der Waals surface area (Å²) in [5, 5.41) is 0. The van der Waals surface area contributed by atoms with E-state index in [4.69, 9.17) is 10.5 Å². The first-order valence-corrected chi connectivity index (χ1v) is 11.8. The van der Waals surface area contributed by atoms with Gasteiger partial charge in [0.25, 0.3) is 0 Å². The predicted octanol–water partition coefficient (Wildman–Crippen LogP) is 6.79. The molecule has 174 valence electrons. The maximum Gasteiger partial charge on any atom is 0.127 e. The molecule has 0 radical (unpaired) electrons. The van der Waals surface area contributed by atoms with Crippen LogP contribution >= 0.6 is 0 Å². The van der Waals surface area contributed by atoms with Crippen molar-refractivity contribution in [2.24, 2.45) is 5.73 Å². The van der Waals surface area contributed by atoms with E-state index in [9.17, 15) is 4.39 Å². The Bertz CT molecular complexity index is 931. The van der Waals surface area contributed by atoms with Gasteiger partial charge >= 0.3 is 0 Å². The van der Waals surface area contributed by atoms with Gasteiger partial charge in [0.15, 0.2) is 0 Å². The van der Waals surface area contributed by atoms with Crippen molar-refractivity contribution in [3.8, 4) is 5.75 Å². The number of nitrogens with two attached hydrogens (primary N) is 1. The van der Waals surface area contributed by atoms with Crippen LogP contribution in [-0.2, 0) is 0 Å². The first kappa shape index (κ1) is 25.7. The third kappa shape index (κ3) is 6.23. The molecule has 0 aliphatic carbocycles. The van der Waals surface area contributed by atoms with Crippen molar-refractivity contribution in [1.29, 1.82) is 0 Å². The van der Waals surface area contributed by atoms with Crippen LogP contribution in [0.1, 0.15) is 69.2 Å². The fourth-order valence-corrected chi connectivity index (χ4v) is 4.08. The summed E-state index contributed by atoms with van der Waals surface area (Å²) >= 11 is 0. The normalized spacial score (nSPS) is 12.5. The van der Waals surface area contributed by atoms with Crippen molar-refractivity contribution in [3.05, 3.63) is 77.1 Å². The van der Waals surface area contributed by atoms with Gasteiger partial charge in [0.05, 0.1) is 6.10 Å². The lowest BCUT2D eigenvalue weighted by molar-refractivity contribution is 0.184. The Morgan fingerprint density at radius 2 is 1.84 bits per heavy atom. The Hall–Kier alpha value is -2.59. The van der Waals surface area contributed by atoms with E-state index in [2.05, 4.69) is 57.4 Å². The molecule has 0 aliphatic rings. The van der Waals surface area contributed by atoms with Gasteiger partial charge in [0, 0.05) is 24.4 Å². The molecule has 2 rings (SSSR count). The number of benzene rings is 2. The second-order valence-electron chi connectivity index (χ2n) is 8.07. The Labute approximate surface area is 193 Å². The fourth-order valence-electron chi connectivity index (χ4n) is 4.08. The summed E-state index contributed by atoms with van der Waals surface area (Å²) in [6.45, 7) is 17.2. The molecule has 32 heavy (non-hydrogen) atoms. The van der Waals surface area contributed by atoms with E-state index in [1.165, 1.54) is 6.07 Å². The predicted molar refractivity (Wildman–Crippen MR) is 135 cm³/mol. The summed E-state index contributed by atoms with van der Waals surface area (Å²) < 4.78 is 20.6. The van der Waals surface area contributed by atoms with Crippen LogP contribution in [-0.4, -0.2) is 30.6 Å². The van der Waals surface area contributed by atoms with Crippen LogP contribution in [0.4, 0.5) is 4.39 Å². The number of ether oxygens (including phenoxy) is 1. The van der Waals surface area contributed by atoms with Crippen molar-refractivity contribution in [1.82, 2.24) is 4.90 Å². The molecule has 0 aromatic heterocycles. The van der Waals surface area contributed by atoms with E-state index >= 15 is 0 Å². The van der Waals surface area contributed by atoms with Crippen LogP contribution in [0.3, 0.4) is 0 Å².